The Morgan fingerprint density at radius 2 is 0.903 bits per heavy atom. The normalized spacial score (nSPS) is 13.3. The van der Waals surface area contributed by atoms with Gasteiger partial charge in [-0.1, -0.05) is 183 Å². The van der Waals surface area contributed by atoms with Crippen LogP contribution in [0.15, 0.2) is 66.7 Å². The lowest BCUT2D eigenvalue weighted by molar-refractivity contribution is 0.556. The molecule has 2 aromatic heterocycles. The molecule has 0 unspecified atom stereocenters. The number of hydrogen-bond donors (Lipinski definition) is 1. The third-order valence-corrected chi connectivity index (χ3v) is 14.0. The number of benzene rings is 3. The number of halogens is 2. The third-order valence-electron chi connectivity index (χ3n) is 13.5. The van der Waals surface area contributed by atoms with Crippen molar-refractivity contribution in [2.75, 3.05) is 5.32 Å². The van der Waals surface area contributed by atoms with Crippen molar-refractivity contribution in [1.29, 1.82) is 0 Å². The Morgan fingerprint density at radius 1 is 0.468 bits per heavy atom. The average molecular weight is 879 g/mol. The Morgan fingerprint density at radius 3 is 1.44 bits per heavy atom. The van der Waals surface area contributed by atoms with Gasteiger partial charge in [-0.3, -0.25) is 9.97 Å². The van der Waals surface area contributed by atoms with E-state index in [4.69, 9.17) is 21.6 Å². The standard InChI is InChI=1S/C32H44N2.C25H36ClN.ClH/c1-2-3-4-5-6-7-8-9-10-12-17-26-22-23-31-29(24-26)32(28-20-15-16-21-30(28)34-31)33-25-27-18-13-11-14-19-27;1-2-3-4-5-6-7-8-9-10-11-14-20-17-18-24-22(19-20)25(26)21-15-12-13-16-23(21)27-24;/h11,13-14,18-19,22-24H,2-10,12,15-17,20-21,25H2,1H3,(H,33,34);17-19H,2-16H2,1H3;1H. The largest absolute Gasteiger partial charge is 0.380 e. The van der Waals surface area contributed by atoms with Crippen LogP contribution in [0.25, 0.3) is 21.8 Å². The summed E-state index contributed by atoms with van der Waals surface area (Å²) in [4.78, 5) is 9.98. The lowest BCUT2D eigenvalue weighted by atomic mass is 9.92. The van der Waals surface area contributed by atoms with Gasteiger partial charge in [-0.2, -0.15) is 0 Å². The van der Waals surface area contributed by atoms with E-state index in [0.717, 1.165) is 48.3 Å². The van der Waals surface area contributed by atoms with Gasteiger partial charge in [-0.05, 0) is 129 Å². The second-order valence-corrected chi connectivity index (χ2v) is 19.0. The zero-order valence-corrected chi connectivity index (χ0v) is 40.5. The van der Waals surface area contributed by atoms with Crippen molar-refractivity contribution in [3.63, 3.8) is 0 Å². The Hall–Kier alpha value is -3.14. The lowest BCUT2D eigenvalue weighted by Gasteiger charge is -2.22. The molecule has 1 N–H and O–H groups in total. The minimum atomic E-state index is 0. The van der Waals surface area contributed by atoms with E-state index >= 15 is 0 Å². The van der Waals surface area contributed by atoms with Crippen LogP contribution in [0.5, 0.6) is 0 Å². The molecule has 5 heteroatoms. The van der Waals surface area contributed by atoms with Crippen LogP contribution in [0, 0.1) is 0 Å². The van der Waals surface area contributed by atoms with Gasteiger partial charge in [0.25, 0.3) is 0 Å². The van der Waals surface area contributed by atoms with Gasteiger partial charge in [0.05, 0.1) is 16.1 Å². The van der Waals surface area contributed by atoms with Crippen molar-refractivity contribution in [2.45, 2.75) is 213 Å². The lowest BCUT2D eigenvalue weighted by Crippen LogP contribution is -2.11. The first-order valence-electron chi connectivity index (χ1n) is 25.5. The van der Waals surface area contributed by atoms with Crippen molar-refractivity contribution in [2.24, 2.45) is 0 Å². The van der Waals surface area contributed by atoms with Crippen LogP contribution >= 0.6 is 24.0 Å². The van der Waals surface area contributed by atoms with Crippen molar-refractivity contribution in [1.82, 2.24) is 9.97 Å². The van der Waals surface area contributed by atoms with E-state index in [0.29, 0.717) is 0 Å². The highest BCUT2D eigenvalue weighted by atomic mass is 35.5. The summed E-state index contributed by atoms with van der Waals surface area (Å²) in [6, 6.07) is 24.5. The molecule has 0 amide bonds. The van der Waals surface area contributed by atoms with Gasteiger partial charge in [0.15, 0.2) is 0 Å². The van der Waals surface area contributed by atoms with Crippen LogP contribution in [0.2, 0.25) is 5.02 Å². The van der Waals surface area contributed by atoms with E-state index in [2.05, 4.69) is 85.9 Å². The fourth-order valence-corrected chi connectivity index (χ4v) is 10.2. The Labute approximate surface area is 388 Å². The number of rotatable bonds is 25. The molecule has 0 radical (unpaired) electrons. The fourth-order valence-electron chi connectivity index (χ4n) is 9.82. The van der Waals surface area contributed by atoms with E-state index in [1.54, 1.807) is 0 Å². The topological polar surface area (TPSA) is 37.8 Å². The zero-order chi connectivity index (χ0) is 42.3. The molecule has 7 rings (SSSR count). The summed E-state index contributed by atoms with van der Waals surface area (Å²) in [5, 5.41) is 7.29. The van der Waals surface area contributed by atoms with E-state index < -0.39 is 0 Å². The first kappa shape index (κ1) is 49.9. The molecular formula is C57H81Cl2N3. The second kappa shape index (κ2) is 28.6. The molecule has 0 spiro atoms. The minimum Gasteiger partial charge on any atom is -0.380 e. The zero-order valence-electron chi connectivity index (χ0n) is 39.0. The first-order valence-corrected chi connectivity index (χ1v) is 25.8. The van der Waals surface area contributed by atoms with E-state index in [1.165, 1.54) is 223 Å². The van der Waals surface area contributed by atoms with E-state index in [9.17, 15) is 0 Å². The molecule has 3 nitrogen and oxygen atoms in total. The molecule has 2 aliphatic rings. The Bertz CT molecular complexity index is 2020. The van der Waals surface area contributed by atoms with Gasteiger partial charge in [-0.15, -0.1) is 12.4 Å². The van der Waals surface area contributed by atoms with Crippen molar-refractivity contribution < 1.29 is 0 Å². The number of nitrogens with zero attached hydrogens (tertiary/aromatic N) is 2. The molecule has 62 heavy (non-hydrogen) atoms. The monoisotopic (exact) mass is 878 g/mol. The molecule has 5 aromatic rings. The quantitative estimate of drug-likeness (QED) is 0.0594. The number of unbranched alkanes of at least 4 members (excludes halogenated alkanes) is 18. The van der Waals surface area contributed by atoms with Crippen molar-refractivity contribution in [3.8, 4) is 0 Å². The number of anilines is 1. The summed E-state index contributed by atoms with van der Waals surface area (Å²) >= 11 is 6.76. The van der Waals surface area contributed by atoms with Gasteiger partial charge in [0, 0.05) is 34.4 Å². The maximum absolute atomic E-state index is 6.76. The highest BCUT2D eigenvalue weighted by Crippen LogP contribution is 2.36. The SMILES string of the molecule is CCCCCCCCCCCCc1ccc2nc3c(c(Cl)c2c1)CCCC3.CCCCCCCCCCCCc1ccc2nc3c(c(NCc4ccccc4)c2c1)CCCC3.Cl. The number of fused-ring (bicyclic) bond motifs is 4. The maximum Gasteiger partial charge on any atom is 0.0726 e. The predicted octanol–water partition coefficient (Wildman–Crippen LogP) is 17.8. The highest BCUT2D eigenvalue weighted by Gasteiger charge is 2.19. The fraction of sp³-hybridized carbons (Fsp3) is 0.579. The molecule has 338 valence electrons. The molecule has 0 atom stereocenters. The maximum atomic E-state index is 6.76. The molecule has 0 fully saturated rings. The molecule has 0 saturated carbocycles. The number of aromatic nitrogens is 2. The molecule has 3 aromatic carbocycles. The summed E-state index contributed by atoms with van der Waals surface area (Å²) < 4.78 is 0. The molecule has 0 aliphatic heterocycles. The Kier molecular flexibility index (Phi) is 23.0. The average Bonchev–Trinajstić information content (AvgIpc) is 3.30. The number of pyridine rings is 2. The second-order valence-electron chi connectivity index (χ2n) is 18.6. The summed E-state index contributed by atoms with van der Waals surface area (Å²) in [6.45, 7) is 5.45. The summed E-state index contributed by atoms with van der Waals surface area (Å²) in [5.41, 5.74) is 13.1. The number of hydrogen-bond acceptors (Lipinski definition) is 3. The molecular weight excluding hydrogens is 798 g/mol. The first-order chi connectivity index (χ1) is 30.1. The smallest absolute Gasteiger partial charge is 0.0726 e. The van der Waals surface area contributed by atoms with Crippen LogP contribution < -0.4 is 5.32 Å². The Balaban J connectivity index is 0.000000236. The van der Waals surface area contributed by atoms with Crippen LogP contribution in [0.3, 0.4) is 0 Å². The predicted molar refractivity (Wildman–Crippen MR) is 274 cm³/mol. The highest BCUT2D eigenvalue weighted by molar-refractivity contribution is 6.36. The van der Waals surface area contributed by atoms with Gasteiger partial charge in [0.1, 0.15) is 0 Å². The van der Waals surface area contributed by atoms with Crippen molar-refractivity contribution >= 4 is 51.5 Å². The molecule has 2 heterocycles. The summed E-state index contributed by atoms with van der Waals surface area (Å²) in [5.74, 6) is 0. The van der Waals surface area contributed by atoms with Crippen LogP contribution in [0.1, 0.15) is 207 Å². The molecule has 2 aliphatic carbocycles. The van der Waals surface area contributed by atoms with E-state index in [1.807, 2.05) is 0 Å². The molecule has 0 saturated heterocycles. The number of aryl methyl sites for hydroxylation is 4. The van der Waals surface area contributed by atoms with Gasteiger partial charge in [-0.25, -0.2) is 0 Å². The van der Waals surface area contributed by atoms with Crippen LogP contribution in [-0.2, 0) is 45.1 Å². The minimum absolute atomic E-state index is 0. The number of nitrogens with one attached hydrogen (secondary N) is 1. The van der Waals surface area contributed by atoms with E-state index in [-0.39, 0.29) is 12.4 Å². The van der Waals surface area contributed by atoms with Crippen molar-refractivity contribution in [3.05, 3.63) is 111 Å². The van der Waals surface area contributed by atoms with Gasteiger partial charge < -0.3 is 5.32 Å². The third kappa shape index (κ3) is 15.8. The molecule has 0 bridgehead atoms. The summed E-state index contributed by atoms with van der Waals surface area (Å²) in [6.07, 6.45) is 39.7. The van der Waals surface area contributed by atoms with Crippen LogP contribution in [-0.4, -0.2) is 9.97 Å². The summed E-state index contributed by atoms with van der Waals surface area (Å²) in [7, 11) is 0. The van der Waals surface area contributed by atoms with Crippen LogP contribution in [0.4, 0.5) is 5.69 Å². The van der Waals surface area contributed by atoms with Gasteiger partial charge in [0.2, 0.25) is 0 Å². The van der Waals surface area contributed by atoms with Gasteiger partial charge >= 0.3 is 0 Å².